The summed E-state index contributed by atoms with van der Waals surface area (Å²) in [6.45, 7) is 3.61. The summed E-state index contributed by atoms with van der Waals surface area (Å²) < 4.78 is 5.57. The smallest absolute Gasteiger partial charge is 0.260 e. The molecule has 24 heavy (non-hydrogen) atoms. The van der Waals surface area contributed by atoms with E-state index in [2.05, 4.69) is 9.88 Å². The predicted octanol–water partition coefficient (Wildman–Crippen LogP) is 2.77. The Labute approximate surface area is 149 Å². The SMILES string of the molecule is O=C(COc1ccccc1Cl)N1CC2CN(c3nccs3)CC2C1. The number of carbonyl (C=O) groups excluding carboxylic acids is 1. The molecule has 7 heteroatoms. The van der Waals surface area contributed by atoms with E-state index in [9.17, 15) is 4.79 Å². The number of likely N-dealkylation sites (tertiary alicyclic amines) is 1. The highest BCUT2D eigenvalue weighted by atomic mass is 35.5. The number of amides is 1. The van der Waals surface area contributed by atoms with Crippen LogP contribution < -0.4 is 9.64 Å². The first-order chi connectivity index (χ1) is 11.7. The van der Waals surface area contributed by atoms with Crippen LogP contribution in [0.2, 0.25) is 5.02 Å². The van der Waals surface area contributed by atoms with Gasteiger partial charge in [-0.25, -0.2) is 4.98 Å². The lowest BCUT2D eigenvalue weighted by atomic mass is 10.0. The summed E-state index contributed by atoms with van der Waals surface area (Å²) in [7, 11) is 0. The summed E-state index contributed by atoms with van der Waals surface area (Å²) in [6.07, 6.45) is 1.84. The number of aromatic nitrogens is 1. The number of para-hydroxylation sites is 1. The molecule has 2 unspecified atom stereocenters. The normalized spacial score (nSPS) is 22.7. The van der Waals surface area contributed by atoms with E-state index in [-0.39, 0.29) is 12.5 Å². The molecule has 1 aromatic carbocycles. The average molecular weight is 364 g/mol. The second-order valence-corrected chi connectivity index (χ2v) is 7.54. The molecular weight excluding hydrogens is 346 g/mol. The molecule has 3 heterocycles. The van der Waals surface area contributed by atoms with Gasteiger partial charge in [0.15, 0.2) is 11.7 Å². The summed E-state index contributed by atoms with van der Waals surface area (Å²) in [6, 6.07) is 7.22. The van der Waals surface area contributed by atoms with Crippen LogP contribution >= 0.6 is 22.9 Å². The minimum Gasteiger partial charge on any atom is -0.482 e. The van der Waals surface area contributed by atoms with Gasteiger partial charge in [-0.3, -0.25) is 4.79 Å². The predicted molar refractivity (Wildman–Crippen MR) is 94.8 cm³/mol. The maximum Gasteiger partial charge on any atom is 0.260 e. The monoisotopic (exact) mass is 363 g/mol. The molecule has 2 aliphatic rings. The van der Waals surface area contributed by atoms with Crippen LogP contribution in [0.25, 0.3) is 0 Å². The average Bonchev–Trinajstić information content (AvgIpc) is 3.28. The molecule has 2 atom stereocenters. The van der Waals surface area contributed by atoms with Gasteiger partial charge in [-0.05, 0) is 12.1 Å². The van der Waals surface area contributed by atoms with Gasteiger partial charge in [-0.15, -0.1) is 11.3 Å². The number of hydrogen-bond donors (Lipinski definition) is 0. The van der Waals surface area contributed by atoms with Gasteiger partial charge in [0.05, 0.1) is 5.02 Å². The molecule has 2 fully saturated rings. The van der Waals surface area contributed by atoms with Gasteiger partial charge in [0.2, 0.25) is 0 Å². The van der Waals surface area contributed by atoms with Gasteiger partial charge in [0.1, 0.15) is 5.75 Å². The number of fused-ring (bicyclic) bond motifs is 1. The van der Waals surface area contributed by atoms with Crippen LogP contribution in [0.5, 0.6) is 5.75 Å². The fourth-order valence-electron chi connectivity index (χ4n) is 3.52. The second kappa shape index (κ2) is 6.61. The van der Waals surface area contributed by atoms with Crippen molar-refractivity contribution in [2.75, 3.05) is 37.7 Å². The Morgan fingerprint density at radius 2 is 2.00 bits per heavy atom. The lowest BCUT2D eigenvalue weighted by Gasteiger charge is -2.21. The molecule has 2 aliphatic heterocycles. The van der Waals surface area contributed by atoms with Crippen LogP contribution in [0, 0.1) is 11.8 Å². The zero-order valence-electron chi connectivity index (χ0n) is 13.1. The number of ether oxygens (including phenoxy) is 1. The minimum atomic E-state index is 0.0325. The molecule has 1 aromatic heterocycles. The third kappa shape index (κ3) is 3.08. The van der Waals surface area contributed by atoms with Crippen LogP contribution in [-0.2, 0) is 4.79 Å². The topological polar surface area (TPSA) is 45.7 Å². The first-order valence-corrected chi connectivity index (χ1v) is 9.26. The van der Waals surface area contributed by atoms with Gasteiger partial charge in [-0.1, -0.05) is 23.7 Å². The number of benzene rings is 1. The van der Waals surface area contributed by atoms with Gasteiger partial charge < -0.3 is 14.5 Å². The first kappa shape index (κ1) is 15.7. The third-order valence-corrected chi connectivity index (χ3v) is 5.86. The highest BCUT2D eigenvalue weighted by molar-refractivity contribution is 7.13. The minimum absolute atomic E-state index is 0.0325. The number of halogens is 1. The summed E-state index contributed by atoms with van der Waals surface area (Å²) in [5.74, 6) is 1.64. The number of hydrogen-bond acceptors (Lipinski definition) is 5. The first-order valence-electron chi connectivity index (χ1n) is 8.00. The third-order valence-electron chi connectivity index (χ3n) is 4.72. The molecule has 0 saturated carbocycles. The van der Waals surface area contributed by atoms with Crippen molar-refractivity contribution in [3.05, 3.63) is 40.9 Å². The molecule has 2 aromatic rings. The van der Waals surface area contributed by atoms with Crippen molar-refractivity contribution >= 4 is 34.0 Å². The van der Waals surface area contributed by atoms with Gasteiger partial charge in [0, 0.05) is 49.6 Å². The number of anilines is 1. The molecule has 1 amide bonds. The Morgan fingerprint density at radius 1 is 1.25 bits per heavy atom. The number of carbonyl (C=O) groups is 1. The number of nitrogens with zero attached hydrogens (tertiary/aromatic N) is 3. The van der Waals surface area contributed by atoms with Crippen molar-refractivity contribution < 1.29 is 9.53 Å². The largest absolute Gasteiger partial charge is 0.482 e. The van der Waals surface area contributed by atoms with E-state index in [0.717, 1.165) is 31.3 Å². The van der Waals surface area contributed by atoms with Gasteiger partial charge in [-0.2, -0.15) is 0 Å². The Bertz CT molecular complexity index is 710. The van der Waals surface area contributed by atoms with Crippen LogP contribution in [-0.4, -0.2) is 48.6 Å². The number of rotatable bonds is 4. The fraction of sp³-hybridized carbons (Fsp3) is 0.412. The molecule has 0 radical (unpaired) electrons. The number of thiazole rings is 1. The van der Waals surface area contributed by atoms with Gasteiger partial charge in [0.25, 0.3) is 5.91 Å². The van der Waals surface area contributed by atoms with Crippen molar-refractivity contribution in [3.63, 3.8) is 0 Å². The summed E-state index contributed by atoms with van der Waals surface area (Å²) in [5.41, 5.74) is 0. The molecular formula is C17H18ClN3O2S. The Kier molecular flexibility index (Phi) is 4.33. The highest BCUT2D eigenvalue weighted by Crippen LogP contribution is 2.34. The van der Waals surface area contributed by atoms with Crippen LogP contribution in [0.1, 0.15) is 0 Å². The molecule has 0 aliphatic carbocycles. The molecule has 0 spiro atoms. The maximum atomic E-state index is 12.4. The van der Waals surface area contributed by atoms with Crippen molar-refractivity contribution in [1.82, 2.24) is 9.88 Å². The van der Waals surface area contributed by atoms with E-state index in [1.165, 1.54) is 0 Å². The molecule has 4 rings (SSSR count). The Morgan fingerprint density at radius 3 is 2.67 bits per heavy atom. The standard InChI is InChI=1S/C17H18ClN3O2S/c18-14-3-1-2-4-15(14)23-11-16(22)20-7-12-9-21(10-13(12)8-20)17-19-5-6-24-17/h1-6,12-13H,7-11H2. The van der Waals surface area contributed by atoms with Crippen molar-refractivity contribution in [2.24, 2.45) is 11.8 Å². The Balaban J connectivity index is 1.30. The van der Waals surface area contributed by atoms with Crippen molar-refractivity contribution in [1.29, 1.82) is 0 Å². The molecule has 2 saturated heterocycles. The zero-order chi connectivity index (χ0) is 16.5. The highest BCUT2D eigenvalue weighted by Gasteiger charge is 2.42. The van der Waals surface area contributed by atoms with E-state index >= 15 is 0 Å². The van der Waals surface area contributed by atoms with Crippen molar-refractivity contribution in [2.45, 2.75) is 0 Å². The molecule has 0 bridgehead atoms. The van der Waals surface area contributed by atoms with Crippen LogP contribution in [0.15, 0.2) is 35.8 Å². The summed E-state index contributed by atoms with van der Waals surface area (Å²) in [5, 5.41) is 3.62. The second-order valence-electron chi connectivity index (χ2n) is 6.26. The van der Waals surface area contributed by atoms with E-state index in [1.54, 1.807) is 23.5 Å². The maximum absolute atomic E-state index is 12.4. The molecule has 0 N–H and O–H groups in total. The van der Waals surface area contributed by atoms with E-state index in [1.807, 2.05) is 28.6 Å². The fourth-order valence-corrected chi connectivity index (χ4v) is 4.37. The van der Waals surface area contributed by atoms with E-state index < -0.39 is 0 Å². The summed E-state index contributed by atoms with van der Waals surface area (Å²) in [4.78, 5) is 21.0. The zero-order valence-corrected chi connectivity index (χ0v) is 14.7. The quantitative estimate of drug-likeness (QED) is 0.838. The lowest BCUT2D eigenvalue weighted by Crippen LogP contribution is -2.36. The van der Waals surface area contributed by atoms with Crippen molar-refractivity contribution in [3.8, 4) is 5.75 Å². The van der Waals surface area contributed by atoms with Gasteiger partial charge >= 0.3 is 0 Å². The molecule has 126 valence electrons. The van der Waals surface area contributed by atoms with Crippen LogP contribution in [0.3, 0.4) is 0 Å². The van der Waals surface area contributed by atoms with Crippen LogP contribution in [0.4, 0.5) is 5.13 Å². The molecule has 5 nitrogen and oxygen atoms in total. The Hall–Kier alpha value is -1.79. The van der Waals surface area contributed by atoms with E-state index in [4.69, 9.17) is 16.3 Å². The lowest BCUT2D eigenvalue weighted by molar-refractivity contribution is -0.132. The van der Waals surface area contributed by atoms with E-state index in [0.29, 0.717) is 22.6 Å². The summed E-state index contributed by atoms with van der Waals surface area (Å²) >= 11 is 7.72.